The summed E-state index contributed by atoms with van der Waals surface area (Å²) in [5.41, 5.74) is 1.10. The third-order valence-corrected chi connectivity index (χ3v) is 3.90. The minimum Gasteiger partial charge on any atom is -0.354 e. The Morgan fingerprint density at radius 3 is 2.62 bits per heavy atom. The van der Waals surface area contributed by atoms with Crippen molar-refractivity contribution in [2.45, 2.75) is 19.6 Å². The fourth-order valence-electron chi connectivity index (χ4n) is 1.53. The summed E-state index contributed by atoms with van der Waals surface area (Å²) in [6.07, 6.45) is 0. The van der Waals surface area contributed by atoms with E-state index in [0.29, 0.717) is 23.9 Å². The van der Waals surface area contributed by atoms with Crippen LogP contribution in [-0.2, 0) is 15.3 Å². The lowest BCUT2D eigenvalue weighted by molar-refractivity contribution is -0.124. The van der Waals surface area contributed by atoms with E-state index in [4.69, 9.17) is 11.6 Å². The first-order valence-corrected chi connectivity index (χ1v) is 8.39. The SMILES string of the molecule is CC(C)C(=O)NCCNC(=O)CSCc1cccc(Cl)c1. The van der Waals surface area contributed by atoms with Gasteiger partial charge in [0.15, 0.2) is 0 Å². The maximum absolute atomic E-state index is 11.6. The van der Waals surface area contributed by atoms with E-state index in [1.54, 1.807) is 0 Å². The number of amides is 2. The van der Waals surface area contributed by atoms with Gasteiger partial charge < -0.3 is 10.6 Å². The van der Waals surface area contributed by atoms with Crippen LogP contribution in [0, 0.1) is 5.92 Å². The van der Waals surface area contributed by atoms with Crippen molar-refractivity contribution in [3.8, 4) is 0 Å². The fourth-order valence-corrected chi connectivity index (χ4v) is 2.55. The van der Waals surface area contributed by atoms with Crippen molar-refractivity contribution < 1.29 is 9.59 Å². The molecule has 4 nitrogen and oxygen atoms in total. The predicted octanol–water partition coefficient (Wildman–Crippen LogP) is 2.46. The molecule has 0 unspecified atom stereocenters. The summed E-state index contributed by atoms with van der Waals surface area (Å²) >= 11 is 7.43. The van der Waals surface area contributed by atoms with Crippen LogP contribution in [0.3, 0.4) is 0 Å². The molecule has 0 saturated carbocycles. The molecule has 0 spiro atoms. The molecule has 0 fully saturated rings. The molecule has 6 heteroatoms. The van der Waals surface area contributed by atoms with Crippen LogP contribution < -0.4 is 10.6 Å². The normalized spacial score (nSPS) is 10.5. The molecule has 0 aliphatic rings. The highest BCUT2D eigenvalue weighted by Gasteiger charge is 2.06. The first kappa shape index (κ1) is 17.9. The average molecular weight is 329 g/mol. The van der Waals surface area contributed by atoms with Crippen molar-refractivity contribution in [2.24, 2.45) is 5.92 Å². The van der Waals surface area contributed by atoms with Crippen molar-refractivity contribution >= 4 is 35.2 Å². The average Bonchev–Trinajstić information content (AvgIpc) is 2.43. The van der Waals surface area contributed by atoms with E-state index in [2.05, 4.69) is 10.6 Å². The number of benzene rings is 1. The Morgan fingerprint density at radius 1 is 1.24 bits per heavy atom. The highest BCUT2D eigenvalue weighted by Crippen LogP contribution is 2.16. The standard InChI is InChI=1S/C15H21ClN2O2S/c1-11(2)15(20)18-7-6-17-14(19)10-21-9-12-4-3-5-13(16)8-12/h3-5,8,11H,6-7,9-10H2,1-2H3,(H,17,19)(H,18,20). The van der Waals surface area contributed by atoms with Crippen molar-refractivity contribution in [1.29, 1.82) is 0 Å². The molecule has 0 saturated heterocycles. The van der Waals surface area contributed by atoms with Crippen molar-refractivity contribution in [1.82, 2.24) is 10.6 Å². The van der Waals surface area contributed by atoms with Crippen LogP contribution in [0.5, 0.6) is 0 Å². The van der Waals surface area contributed by atoms with Gasteiger partial charge in [-0.1, -0.05) is 37.6 Å². The molecular weight excluding hydrogens is 308 g/mol. The topological polar surface area (TPSA) is 58.2 Å². The zero-order chi connectivity index (χ0) is 15.7. The zero-order valence-electron chi connectivity index (χ0n) is 12.3. The molecule has 0 aliphatic carbocycles. The Bertz CT molecular complexity index is 480. The van der Waals surface area contributed by atoms with Gasteiger partial charge in [0.25, 0.3) is 0 Å². The number of thioether (sulfide) groups is 1. The van der Waals surface area contributed by atoms with E-state index in [9.17, 15) is 9.59 Å². The number of hydrogen-bond donors (Lipinski definition) is 2. The summed E-state index contributed by atoms with van der Waals surface area (Å²) < 4.78 is 0. The third-order valence-electron chi connectivity index (χ3n) is 2.66. The van der Waals surface area contributed by atoms with Crippen LogP contribution in [0.2, 0.25) is 5.02 Å². The predicted molar refractivity (Wildman–Crippen MR) is 88.5 cm³/mol. The largest absolute Gasteiger partial charge is 0.354 e. The lowest BCUT2D eigenvalue weighted by Crippen LogP contribution is -2.36. The summed E-state index contributed by atoms with van der Waals surface area (Å²) in [7, 11) is 0. The third kappa shape index (κ3) is 7.97. The summed E-state index contributed by atoms with van der Waals surface area (Å²) in [6, 6.07) is 7.61. The fraction of sp³-hybridized carbons (Fsp3) is 0.467. The lowest BCUT2D eigenvalue weighted by Gasteiger charge is -2.08. The van der Waals surface area contributed by atoms with Gasteiger partial charge in [-0.3, -0.25) is 9.59 Å². The molecule has 116 valence electrons. The first-order valence-electron chi connectivity index (χ1n) is 6.85. The zero-order valence-corrected chi connectivity index (χ0v) is 13.9. The van der Waals surface area contributed by atoms with E-state index in [0.717, 1.165) is 11.3 Å². The van der Waals surface area contributed by atoms with E-state index in [1.807, 2.05) is 38.1 Å². The van der Waals surface area contributed by atoms with Crippen LogP contribution in [-0.4, -0.2) is 30.7 Å². The van der Waals surface area contributed by atoms with Gasteiger partial charge in [0.1, 0.15) is 0 Å². The maximum atomic E-state index is 11.6. The van der Waals surface area contributed by atoms with Crippen LogP contribution in [0.15, 0.2) is 24.3 Å². The van der Waals surface area contributed by atoms with Gasteiger partial charge in [-0.05, 0) is 17.7 Å². The number of hydrogen-bond acceptors (Lipinski definition) is 3. The number of halogens is 1. The second-order valence-electron chi connectivity index (χ2n) is 4.92. The molecule has 0 radical (unpaired) electrons. The van der Waals surface area contributed by atoms with Crippen molar-refractivity contribution in [2.75, 3.05) is 18.8 Å². The summed E-state index contributed by atoms with van der Waals surface area (Å²) in [5, 5.41) is 6.23. The van der Waals surface area contributed by atoms with Gasteiger partial charge in [-0.25, -0.2) is 0 Å². The van der Waals surface area contributed by atoms with E-state index >= 15 is 0 Å². The van der Waals surface area contributed by atoms with E-state index < -0.39 is 0 Å². The Morgan fingerprint density at radius 2 is 1.95 bits per heavy atom. The van der Waals surface area contributed by atoms with Crippen LogP contribution >= 0.6 is 23.4 Å². The molecule has 2 amide bonds. The molecule has 21 heavy (non-hydrogen) atoms. The van der Waals surface area contributed by atoms with Crippen LogP contribution in [0.25, 0.3) is 0 Å². The molecule has 0 heterocycles. The number of nitrogens with one attached hydrogen (secondary N) is 2. The molecule has 0 bridgehead atoms. The molecule has 1 aromatic carbocycles. The van der Waals surface area contributed by atoms with Crippen molar-refractivity contribution in [3.63, 3.8) is 0 Å². The number of carbonyl (C=O) groups excluding carboxylic acids is 2. The van der Waals surface area contributed by atoms with Crippen molar-refractivity contribution in [3.05, 3.63) is 34.9 Å². The highest BCUT2D eigenvalue weighted by atomic mass is 35.5. The monoisotopic (exact) mass is 328 g/mol. The lowest BCUT2D eigenvalue weighted by atomic mass is 10.2. The Hall–Kier alpha value is -1.20. The summed E-state index contributed by atoms with van der Waals surface area (Å²) in [6.45, 7) is 4.58. The van der Waals surface area contributed by atoms with Crippen LogP contribution in [0.1, 0.15) is 19.4 Å². The molecular formula is C15H21ClN2O2S. The molecule has 0 aliphatic heterocycles. The van der Waals surface area contributed by atoms with Crippen LogP contribution in [0.4, 0.5) is 0 Å². The number of rotatable bonds is 8. The van der Waals surface area contributed by atoms with Gasteiger partial charge in [-0.15, -0.1) is 11.8 Å². The Kier molecular flexibility index (Phi) is 8.23. The van der Waals surface area contributed by atoms with Gasteiger partial charge in [0.2, 0.25) is 11.8 Å². The molecule has 0 atom stereocenters. The van der Waals surface area contributed by atoms with Gasteiger partial charge in [0, 0.05) is 29.8 Å². The van der Waals surface area contributed by atoms with Gasteiger partial charge in [0.05, 0.1) is 5.75 Å². The second-order valence-corrected chi connectivity index (χ2v) is 6.34. The highest BCUT2D eigenvalue weighted by molar-refractivity contribution is 7.99. The Labute approximate surface area is 135 Å². The summed E-state index contributed by atoms with van der Waals surface area (Å²) in [4.78, 5) is 22.9. The molecule has 0 aromatic heterocycles. The molecule has 1 aromatic rings. The first-order chi connectivity index (χ1) is 9.99. The van der Waals surface area contributed by atoms with E-state index in [1.165, 1.54) is 11.8 Å². The maximum Gasteiger partial charge on any atom is 0.230 e. The second kappa shape index (κ2) is 9.68. The number of carbonyl (C=O) groups is 2. The minimum absolute atomic E-state index is 0.000389. The molecule has 1 rings (SSSR count). The minimum atomic E-state index is -0.0334. The summed E-state index contributed by atoms with van der Waals surface area (Å²) in [5.74, 6) is 1.08. The smallest absolute Gasteiger partial charge is 0.230 e. The molecule has 2 N–H and O–H groups in total. The van der Waals surface area contributed by atoms with Gasteiger partial charge >= 0.3 is 0 Å². The Balaban J connectivity index is 2.10. The van der Waals surface area contributed by atoms with E-state index in [-0.39, 0.29) is 17.7 Å². The quantitative estimate of drug-likeness (QED) is 0.721. The van der Waals surface area contributed by atoms with Gasteiger partial charge in [-0.2, -0.15) is 0 Å².